The van der Waals surface area contributed by atoms with Gasteiger partial charge in [-0.05, 0) is 77.3 Å². The molecule has 38 heavy (non-hydrogen) atoms. The summed E-state index contributed by atoms with van der Waals surface area (Å²) in [4.78, 5) is 51.2. The molecule has 194 valence electrons. The van der Waals surface area contributed by atoms with Gasteiger partial charge in [-0.25, -0.2) is 0 Å². The average molecular weight is 568 g/mol. The van der Waals surface area contributed by atoms with Crippen molar-refractivity contribution in [3.05, 3.63) is 97.9 Å². The number of halogens is 1. The molecule has 1 fully saturated rings. The summed E-state index contributed by atoms with van der Waals surface area (Å²) in [6.45, 7) is 3.69. The van der Waals surface area contributed by atoms with Crippen LogP contribution in [0.5, 0.6) is 0 Å². The van der Waals surface area contributed by atoms with Gasteiger partial charge in [-0.1, -0.05) is 55.4 Å². The molecule has 11 heteroatoms. The Balaban J connectivity index is 1.46. The van der Waals surface area contributed by atoms with Gasteiger partial charge in [0.1, 0.15) is 6.54 Å². The van der Waals surface area contributed by atoms with Gasteiger partial charge in [-0.3, -0.25) is 29.4 Å². The normalized spacial score (nSPS) is 14.4. The van der Waals surface area contributed by atoms with Crippen molar-refractivity contribution in [1.82, 2.24) is 4.90 Å². The second-order valence-corrected chi connectivity index (χ2v) is 11.2. The van der Waals surface area contributed by atoms with Crippen LogP contribution in [-0.2, 0) is 9.59 Å². The van der Waals surface area contributed by atoms with Crippen LogP contribution >= 0.6 is 35.1 Å². The van der Waals surface area contributed by atoms with E-state index >= 15 is 0 Å². The van der Waals surface area contributed by atoms with E-state index in [0.29, 0.717) is 38.8 Å². The van der Waals surface area contributed by atoms with Gasteiger partial charge in [0.2, 0.25) is 5.91 Å². The number of imide groups is 1. The first kappa shape index (κ1) is 27.4. The van der Waals surface area contributed by atoms with Crippen molar-refractivity contribution in [3.63, 3.8) is 0 Å². The van der Waals surface area contributed by atoms with Crippen LogP contribution in [0.2, 0.25) is 5.02 Å². The van der Waals surface area contributed by atoms with Gasteiger partial charge in [0, 0.05) is 21.7 Å². The minimum Gasteiger partial charge on any atom is -0.325 e. The first-order chi connectivity index (χ1) is 18.1. The second-order valence-electron chi connectivity index (χ2n) is 8.63. The van der Waals surface area contributed by atoms with Crippen LogP contribution in [0.25, 0.3) is 6.08 Å². The summed E-state index contributed by atoms with van der Waals surface area (Å²) in [5.41, 5.74) is 1.93. The number of nitro benzene ring substituents is 1. The van der Waals surface area contributed by atoms with E-state index in [4.69, 9.17) is 11.6 Å². The summed E-state index contributed by atoms with van der Waals surface area (Å²) in [6, 6.07) is 18.8. The molecule has 0 bridgehead atoms. The zero-order valence-corrected chi connectivity index (χ0v) is 22.7. The Kier molecular flexibility index (Phi) is 8.55. The highest BCUT2D eigenvalue weighted by Crippen LogP contribution is 2.37. The molecule has 1 aliphatic rings. The summed E-state index contributed by atoms with van der Waals surface area (Å²) in [5.74, 6) is -0.792. The highest BCUT2D eigenvalue weighted by Gasteiger charge is 2.36. The van der Waals surface area contributed by atoms with E-state index < -0.39 is 28.5 Å². The van der Waals surface area contributed by atoms with Gasteiger partial charge in [-0.15, -0.1) is 0 Å². The lowest BCUT2D eigenvalue weighted by Gasteiger charge is -2.13. The maximum Gasteiger partial charge on any atom is 0.294 e. The van der Waals surface area contributed by atoms with E-state index in [2.05, 4.69) is 19.2 Å². The number of hydrogen-bond acceptors (Lipinski definition) is 7. The SMILES string of the molecule is CC(C)c1ccc(NC(=O)CN2C(=O)S/C(=C\c3ccc(Sc4ccc(Cl)cc4)c([N+](=O)[O-])c3)C2=O)cc1. The molecule has 8 nitrogen and oxygen atoms in total. The number of nitro groups is 1. The maximum absolute atomic E-state index is 12.9. The van der Waals surface area contributed by atoms with Crippen LogP contribution in [0.3, 0.4) is 0 Å². The molecule has 0 saturated carbocycles. The van der Waals surface area contributed by atoms with E-state index in [1.165, 1.54) is 23.9 Å². The number of thioether (sulfide) groups is 1. The fourth-order valence-electron chi connectivity index (χ4n) is 3.57. The summed E-state index contributed by atoms with van der Waals surface area (Å²) < 4.78 is 0. The van der Waals surface area contributed by atoms with Crippen molar-refractivity contribution in [3.8, 4) is 0 Å². The van der Waals surface area contributed by atoms with Crippen molar-refractivity contribution < 1.29 is 19.3 Å². The second kappa shape index (κ2) is 11.8. The van der Waals surface area contributed by atoms with E-state index in [1.807, 2.05) is 12.1 Å². The molecule has 1 saturated heterocycles. The van der Waals surface area contributed by atoms with Crippen LogP contribution in [0.4, 0.5) is 16.2 Å². The Morgan fingerprint density at radius 3 is 2.42 bits per heavy atom. The number of nitrogens with one attached hydrogen (secondary N) is 1. The Morgan fingerprint density at radius 2 is 1.79 bits per heavy atom. The fraction of sp³-hybridized carbons (Fsp3) is 0.148. The predicted octanol–water partition coefficient (Wildman–Crippen LogP) is 7.20. The van der Waals surface area contributed by atoms with Crippen molar-refractivity contribution in [2.75, 3.05) is 11.9 Å². The lowest BCUT2D eigenvalue weighted by molar-refractivity contribution is -0.387. The number of carbonyl (C=O) groups excluding carboxylic acids is 3. The van der Waals surface area contributed by atoms with Crippen molar-refractivity contribution >= 4 is 69.6 Å². The molecule has 0 atom stereocenters. The summed E-state index contributed by atoms with van der Waals surface area (Å²) >= 11 is 7.80. The third-order valence-electron chi connectivity index (χ3n) is 5.56. The number of anilines is 1. The molecule has 4 rings (SSSR count). The summed E-state index contributed by atoms with van der Waals surface area (Å²) in [7, 11) is 0. The molecule has 0 spiro atoms. The third-order valence-corrected chi connectivity index (χ3v) is 7.79. The quantitative estimate of drug-likeness (QED) is 0.174. The average Bonchev–Trinajstić information content (AvgIpc) is 3.13. The number of benzene rings is 3. The maximum atomic E-state index is 12.9. The lowest BCUT2D eigenvalue weighted by Crippen LogP contribution is -2.36. The van der Waals surface area contributed by atoms with Gasteiger partial charge in [0.25, 0.3) is 16.8 Å². The minimum atomic E-state index is -0.632. The van der Waals surface area contributed by atoms with Crippen LogP contribution in [0, 0.1) is 10.1 Å². The van der Waals surface area contributed by atoms with Crippen LogP contribution in [0.1, 0.15) is 30.9 Å². The molecule has 0 radical (unpaired) electrons. The fourth-order valence-corrected chi connectivity index (χ4v) is 5.43. The van der Waals surface area contributed by atoms with Crippen molar-refractivity contribution in [2.45, 2.75) is 29.6 Å². The number of carbonyl (C=O) groups is 3. The van der Waals surface area contributed by atoms with Crippen LogP contribution in [-0.4, -0.2) is 33.4 Å². The smallest absolute Gasteiger partial charge is 0.294 e. The van der Waals surface area contributed by atoms with E-state index in [0.717, 1.165) is 15.4 Å². The molecule has 0 aliphatic carbocycles. The topological polar surface area (TPSA) is 110 Å². The zero-order chi connectivity index (χ0) is 27.4. The third kappa shape index (κ3) is 6.63. The highest BCUT2D eigenvalue weighted by molar-refractivity contribution is 8.18. The van der Waals surface area contributed by atoms with Crippen LogP contribution in [0.15, 0.2) is 81.4 Å². The predicted molar refractivity (Wildman–Crippen MR) is 151 cm³/mol. The monoisotopic (exact) mass is 567 g/mol. The summed E-state index contributed by atoms with van der Waals surface area (Å²) in [5, 5.41) is 14.4. The number of nitrogens with zero attached hydrogens (tertiary/aromatic N) is 2. The molecule has 0 aromatic heterocycles. The van der Waals surface area contributed by atoms with Crippen molar-refractivity contribution in [2.24, 2.45) is 0 Å². The summed E-state index contributed by atoms with van der Waals surface area (Å²) in [6.07, 6.45) is 1.41. The van der Waals surface area contributed by atoms with Crippen LogP contribution < -0.4 is 5.32 Å². The standard InChI is InChI=1S/C27H22ClN3O5S2/c1-16(2)18-4-8-20(9-5-18)29-25(32)15-30-26(33)24(38-27(30)34)14-17-3-12-23(22(13-17)31(35)36)37-21-10-6-19(28)7-11-21/h3-14,16H,15H2,1-2H3,(H,29,32)/b24-14-. The molecule has 1 heterocycles. The van der Waals surface area contributed by atoms with Gasteiger partial charge >= 0.3 is 0 Å². The first-order valence-corrected chi connectivity index (χ1v) is 13.5. The molecule has 3 aromatic carbocycles. The Labute approximate surface area is 232 Å². The zero-order valence-electron chi connectivity index (χ0n) is 20.3. The molecule has 3 amide bonds. The molecular formula is C27H22ClN3O5S2. The lowest BCUT2D eigenvalue weighted by atomic mass is 10.0. The van der Waals surface area contributed by atoms with E-state index in [-0.39, 0.29) is 10.6 Å². The number of amides is 3. The molecule has 1 N–H and O–H groups in total. The molecular weight excluding hydrogens is 546 g/mol. The molecule has 1 aliphatic heterocycles. The van der Waals surface area contributed by atoms with Gasteiger partial charge in [-0.2, -0.15) is 0 Å². The van der Waals surface area contributed by atoms with Gasteiger partial charge < -0.3 is 5.32 Å². The number of rotatable bonds is 8. The molecule has 0 unspecified atom stereocenters. The largest absolute Gasteiger partial charge is 0.325 e. The highest BCUT2D eigenvalue weighted by atomic mass is 35.5. The van der Waals surface area contributed by atoms with E-state index in [9.17, 15) is 24.5 Å². The van der Waals surface area contributed by atoms with Gasteiger partial charge in [0.05, 0.1) is 14.7 Å². The number of hydrogen-bond donors (Lipinski definition) is 1. The van der Waals surface area contributed by atoms with E-state index in [1.54, 1.807) is 48.5 Å². The minimum absolute atomic E-state index is 0.0801. The van der Waals surface area contributed by atoms with Crippen molar-refractivity contribution in [1.29, 1.82) is 0 Å². The Morgan fingerprint density at radius 1 is 1.11 bits per heavy atom. The van der Waals surface area contributed by atoms with Gasteiger partial charge in [0.15, 0.2) is 0 Å². The molecule has 3 aromatic rings. The Hall–Kier alpha value is -3.60. The first-order valence-electron chi connectivity index (χ1n) is 11.5. The Bertz CT molecular complexity index is 1440.